The van der Waals surface area contributed by atoms with Gasteiger partial charge in [0, 0.05) is 17.4 Å². The van der Waals surface area contributed by atoms with E-state index in [0.29, 0.717) is 18.7 Å². The molecule has 1 heterocycles. The molecule has 2 rings (SSSR count). The lowest BCUT2D eigenvalue weighted by Crippen LogP contribution is -2.31. The smallest absolute Gasteiger partial charge is 0.233 e. The third kappa shape index (κ3) is 3.57. The van der Waals surface area contributed by atoms with Crippen molar-refractivity contribution in [2.45, 2.75) is 18.2 Å². The topological polar surface area (TPSA) is 46.2 Å². The van der Waals surface area contributed by atoms with Crippen LogP contribution in [0.3, 0.4) is 0 Å². The van der Waals surface area contributed by atoms with Crippen LogP contribution in [-0.2, 0) is 16.1 Å². The number of amides is 1. The van der Waals surface area contributed by atoms with Crippen LogP contribution < -0.4 is 5.32 Å². The number of carbonyl (C=O) groups is 2. The number of carbonyl (C=O) groups excluding carboxylic acids is 2. The Morgan fingerprint density at radius 1 is 1.53 bits per heavy atom. The summed E-state index contributed by atoms with van der Waals surface area (Å²) < 4.78 is 0.995. The molecule has 1 unspecified atom stereocenters. The van der Waals surface area contributed by atoms with E-state index in [9.17, 15) is 9.59 Å². The van der Waals surface area contributed by atoms with Gasteiger partial charge in [-0.3, -0.25) is 9.59 Å². The van der Waals surface area contributed by atoms with Gasteiger partial charge in [0.05, 0.1) is 11.0 Å². The van der Waals surface area contributed by atoms with E-state index in [0.717, 1.165) is 10.0 Å². The molecule has 1 aliphatic rings. The predicted octanol–water partition coefficient (Wildman–Crippen LogP) is 2.14. The Morgan fingerprint density at radius 2 is 2.35 bits per heavy atom. The highest BCUT2D eigenvalue weighted by Crippen LogP contribution is 2.23. The number of thioether (sulfide) groups is 1. The molecule has 1 aromatic rings. The van der Waals surface area contributed by atoms with Crippen LogP contribution in [0.2, 0.25) is 0 Å². The summed E-state index contributed by atoms with van der Waals surface area (Å²) in [6.45, 7) is 0.503. The summed E-state index contributed by atoms with van der Waals surface area (Å²) in [5.41, 5.74) is 1.04. The molecule has 1 saturated heterocycles. The average Bonchev–Trinajstić information content (AvgIpc) is 2.73. The summed E-state index contributed by atoms with van der Waals surface area (Å²) in [6, 6.07) is 7.79. The van der Waals surface area contributed by atoms with Crippen molar-refractivity contribution in [2.24, 2.45) is 0 Å². The molecule has 0 aromatic heterocycles. The van der Waals surface area contributed by atoms with E-state index in [1.54, 1.807) is 0 Å². The van der Waals surface area contributed by atoms with Crippen LogP contribution in [0.4, 0.5) is 0 Å². The Morgan fingerprint density at radius 3 is 3.00 bits per heavy atom. The average molecular weight is 314 g/mol. The second kappa shape index (κ2) is 5.69. The maximum atomic E-state index is 11.8. The SMILES string of the molecule is O=C1CSC(C(=O)NCc2cccc(Br)c2)C1. The summed E-state index contributed by atoms with van der Waals surface area (Å²) >= 11 is 4.81. The molecule has 0 saturated carbocycles. The molecule has 0 aliphatic carbocycles. The lowest BCUT2D eigenvalue weighted by atomic mass is 10.2. The molecule has 1 N–H and O–H groups in total. The zero-order chi connectivity index (χ0) is 12.3. The molecule has 0 bridgehead atoms. The van der Waals surface area contributed by atoms with E-state index in [-0.39, 0.29) is 16.9 Å². The van der Waals surface area contributed by atoms with Crippen LogP contribution in [0.5, 0.6) is 0 Å². The van der Waals surface area contributed by atoms with Crippen molar-refractivity contribution in [2.75, 3.05) is 5.75 Å². The number of benzene rings is 1. The monoisotopic (exact) mass is 313 g/mol. The van der Waals surface area contributed by atoms with Gasteiger partial charge in [-0.05, 0) is 17.7 Å². The number of hydrogen-bond donors (Lipinski definition) is 1. The van der Waals surface area contributed by atoms with Gasteiger partial charge in [0.25, 0.3) is 0 Å². The van der Waals surface area contributed by atoms with E-state index >= 15 is 0 Å². The molecule has 0 radical (unpaired) electrons. The fourth-order valence-electron chi connectivity index (χ4n) is 1.64. The molecule has 1 amide bonds. The van der Waals surface area contributed by atoms with Crippen LogP contribution in [-0.4, -0.2) is 22.7 Å². The van der Waals surface area contributed by atoms with Crippen molar-refractivity contribution in [1.82, 2.24) is 5.32 Å². The summed E-state index contributed by atoms with van der Waals surface area (Å²) in [7, 11) is 0. The number of ketones is 1. The Labute approximate surface area is 112 Å². The first-order valence-corrected chi connectivity index (χ1v) is 7.15. The van der Waals surface area contributed by atoms with E-state index < -0.39 is 0 Å². The number of Topliss-reactive ketones (excluding diaryl/α,β-unsaturated/α-hetero) is 1. The van der Waals surface area contributed by atoms with Gasteiger partial charge in [-0.1, -0.05) is 28.1 Å². The van der Waals surface area contributed by atoms with E-state index in [2.05, 4.69) is 21.2 Å². The zero-order valence-corrected chi connectivity index (χ0v) is 11.5. The highest BCUT2D eigenvalue weighted by atomic mass is 79.9. The minimum absolute atomic E-state index is 0.0409. The van der Waals surface area contributed by atoms with Gasteiger partial charge in [0.2, 0.25) is 5.91 Å². The molecule has 1 fully saturated rings. The van der Waals surface area contributed by atoms with Crippen molar-refractivity contribution < 1.29 is 9.59 Å². The third-order valence-corrected chi connectivity index (χ3v) is 4.27. The van der Waals surface area contributed by atoms with Crippen molar-refractivity contribution in [1.29, 1.82) is 0 Å². The Hall–Kier alpha value is -0.810. The summed E-state index contributed by atoms with van der Waals surface area (Å²) in [5.74, 6) is 0.591. The standard InChI is InChI=1S/C12H12BrNO2S/c13-9-3-1-2-8(4-9)6-14-12(16)11-5-10(15)7-17-11/h1-4,11H,5-7H2,(H,14,16). The predicted molar refractivity (Wildman–Crippen MR) is 71.9 cm³/mol. The van der Waals surface area contributed by atoms with Gasteiger partial charge in [0.1, 0.15) is 5.78 Å². The lowest BCUT2D eigenvalue weighted by molar-refractivity contribution is -0.123. The van der Waals surface area contributed by atoms with Crippen molar-refractivity contribution in [3.05, 3.63) is 34.3 Å². The quantitative estimate of drug-likeness (QED) is 0.930. The zero-order valence-electron chi connectivity index (χ0n) is 9.11. The van der Waals surface area contributed by atoms with Crippen LogP contribution in [0, 0.1) is 0 Å². The van der Waals surface area contributed by atoms with E-state index in [1.807, 2.05) is 24.3 Å². The van der Waals surface area contributed by atoms with Crippen LogP contribution >= 0.6 is 27.7 Å². The number of rotatable bonds is 3. The maximum absolute atomic E-state index is 11.8. The fraction of sp³-hybridized carbons (Fsp3) is 0.333. The second-order valence-corrected chi connectivity index (χ2v) is 6.00. The van der Waals surface area contributed by atoms with Gasteiger partial charge in [0.15, 0.2) is 0 Å². The highest BCUT2D eigenvalue weighted by molar-refractivity contribution is 9.10. The third-order valence-electron chi connectivity index (χ3n) is 2.51. The van der Waals surface area contributed by atoms with Crippen LogP contribution in [0.1, 0.15) is 12.0 Å². The molecule has 90 valence electrons. The van der Waals surface area contributed by atoms with Gasteiger partial charge < -0.3 is 5.32 Å². The Kier molecular flexibility index (Phi) is 4.23. The maximum Gasteiger partial charge on any atom is 0.233 e. The van der Waals surface area contributed by atoms with Gasteiger partial charge in [-0.2, -0.15) is 0 Å². The molecule has 5 heteroatoms. The summed E-state index contributed by atoms with van der Waals surface area (Å²) in [5, 5.41) is 2.66. The largest absolute Gasteiger partial charge is 0.351 e. The van der Waals surface area contributed by atoms with Crippen molar-refractivity contribution in [3.63, 3.8) is 0 Å². The molecule has 1 aliphatic heterocycles. The fourth-order valence-corrected chi connectivity index (χ4v) is 3.13. The van der Waals surface area contributed by atoms with Gasteiger partial charge in [-0.15, -0.1) is 11.8 Å². The Bertz CT molecular complexity index is 450. The number of nitrogens with one attached hydrogen (secondary N) is 1. The first kappa shape index (κ1) is 12.6. The minimum atomic E-state index is -0.199. The molecule has 1 aromatic carbocycles. The highest BCUT2D eigenvalue weighted by Gasteiger charge is 2.28. The second-order valence-electron chi connectivity index (χ2n) is 3.89. The first-order valence-electron chi connectivity index (χ1n) is 5.30. The van der Waals surface area contributed by atoms with E-state index in [4.69, 9.17) is 0 Å². The molecule has 17 heavy (non-hydrogen) atoms. The first-order chi connectivity index (χ1) is 8.15. The van der Waals surface area contributed by atoms with Crippen molar-refractivity contribution >= 4 is 39.4 Å². The van der Waals surface area contributed by atoms with Gasteiger partial charge in [-0.25, -0.2) is 0 Å². The number of hydrogen-bond acceptors (Lipinski definition) is 3. The molecular formula is C12H12BrNO2S. The molecule has 1 atom stereocenters. The van der Waals surface area contributed by atoms with Gasteiger partial charge >= 0.3 is 0 Å². The minimum Gasteiger partial charge on any atom is -0.351 e. The summed E-state index contributed by atoms with van der Waals surface area (Å²) in [6.07, 6.45) is 0.370. The number of halogens is 1. The molecule has 0 spiro atoms. The van der Waals surface area contributed by atoms with E-state index in [1.165, 1.54) is 11.8 Å². The van der Waals surface area contributed by atoms with Crippen LogP contribution in [0.15, 0.2) is 28.7 Å². The summed E-state index contributed by atoms with van der Waals surface area (Å²) in [4.78, 5) is 22.8. The normalized spacial score (nSPS) is 19.4. The van der Waals surface area contributed by atoms with Crippen molar-refractivity contribution in [3.8, 4) is 0 Å². The van der Waals surface area contributed by atoms with Crippen LogP contribution in [0.25, 0.3) is 0 Å². The lowest BCUT2D eigenvalue weighted by Gasteiger charge is -2.09. The molecular weight excluding hydrogens is 302 g/mol. The Balaban J connectivity index is 1.86. The molecule has 3 nitrogen and oxygen atoms in total.